The van der Waals surface area contributed by atoms with Crippen LogP contribution in [0.5, 0.6) is 0 Å². The fourth-order valence-corrected chi connectivity index (χ4v) is 2.15. The Balaban J connectivity index is 1.99. The van der Waals surface area contributed by atoms with Crippen LogP contribution in [0.25, 0.3) is 0 Å². The summed E-state index contributed by atoms with van der Waals surface area (Å²) in [6.07, 6.45) is 2.17. The highest BCUT2D eigenvalue weighted by atomic mass is 16.4. The first-order valence-electron chi connectivity index (χ1n) is 5.64. The van der Waals surface area contributed by atoms with Gasteiger partial charge < -0.3 is 14.4 Å². The van der Waals surface area contributed by atoms with Gasteiger partial charge in [0.15, 0.2) is 0 Å². The Morgan fingerprint density at radius 1 is 1.50 bits per heavy atom. The lowest BCUT2D eigenvalue weighted by atomic mass is 9.95. The number of aliphatic carboxylic acids is 1. The normalized spacial score (nSPS) is 18.8. The number of carboxylic acid groups (broad SMARTS) is 1. The minimum atomic E-state index is -0.843. The summed E-state index contributed by atoms with van der Waals surface area (Å²) >= 11 is 0. The van der Waals surface area contributed by atoms with Crippen LogP contribution in [-0.2, 0) is 11.2 Å². The number of piperidine rings is 1. The molecule has 88 valence electrons. The molecule has 2 rings (SSSR count). The molecule has 1 saturated heterocycles. The van der Waals surface area contributed by atoms with Gasteiger partial charge in [-0.25, -0.2) is 0 Å². The van der Waals surface area contributed by atoms with E-state index in [0.29, 0.717) is 11.7 Å². The third-order valence-electron chi connectivity index (χ3n) is 3.13. The molecule has 16 heavy (non-hydrogen) atoms. The first kappa shape index (κ1) is 11.2. The van der Waals surface area contributed by atoms with Crippen molar-refractivity contribution in [2.75, 3.05) is 20.1 Å². The average Bonchev–Trinajstić information content (AvgIpc) is 2.66. The summed E-state index contributed by atoms with van der Waals surface area (Å²) in [4.78, 5) is 12.8. The fourth-order valence-electron chi connectivity index (χ4n) is 2.15. The lowest BCUT2D eigenvalue weighted by Gasteiger charge is -2.27. The first-order chi connectivity index (χ1) is 7.65. The minimum Gasteiger partial charge on any atom is -0.481 e. The summed E-state index contributed by atoms with van der Waals surface area (Å²) in [5.74, 6) is 1.12. The quantitative estimate of drug-likeness (QED) is 0.847. The van der Waals surface area contributed by atoms with E-state index in [9.17, 15) is 4.79 Å². The number of hydrogen-bond acceptors (Lipinski definition) is 3. The van der Waals surface area contributed by atoms with Crippen LogP contribution in [-0.4, -0.2) is 36.1 Å². The number of likely N-dealkylation sites (tertiary alicyclic amines) is 1. The molecule has 4 nitrogen and oxygen atoms in total. The molecular weight excluding hydrogens is 206 g/mol. The Morgan fingerprint density at radius 3 is 2.81 bits per heavy atom. The average molecular weight is 223 g/mol. The molecule has 1 fully saturated rings. The summed E-state index contributed by atoms with van der Waals surface area (Å²) in [5.41, 5.74) is 0. The molecule has 1 aliphatic rings. The largest absolute Gasteiger partial charge is 0.481 e. The van der Waals surface area contributed by atoms with E-state index in [1.165, 1.54) is 0 Å². The molecule has 0 aromatic carbocycles. The maximum atomic E-state index is 10.5. The van der Waals surface area contributed by atoms with E-state index in [1.54, 1.807) is 6.07 Å². The molecule has 2 heterocycles. The molecule has 0 spiro atoms. The van der Waals surface area contributed by atoms with E-state index in [2.05, 4.69) is 11.9 Å². The maximum absolute atomic E-state index is 10.5. The molecular formula is C12H17NO3. The molecule has 1 N–H and O–H groups in total. The number of nitrogens with zero attached hydrogens (tertiary/aromatic N) is 1. The molecule has 1 aromatic rings. The Bertz CT molecular complexity index is 364. The molecule has 0 atom stereocenters. The standard InChI is InChI=1S/C12H17NO3/c1-13-6-4-9(5-7-13)11-3-2-10(16-11)8-12(14)15/h2-3,9H,4-8H2,1H3,(H,14,15). The summed E-state index contributed by atoms with van der Waals surface area (Å²) < 4.78 is 5.57. The van der Waals surface area contributed by atoms with Crippen LogP contribution in [0.4, 0.5) is 0 Å². The fraction of sp³-hybridized carbons (Fsp3) is 0.583. The third kappa shape index (κ3) is 2.64. The van der Waals surface area contributed by atoms with Gasteiger partial charge in [0.1, 0.15) is 17.9 Å². The Hall–Kier alpha value is -1.29. The third-order valence-corrected chi connectivity index (χ3v) is 3.13. The number of rotatable bonds is 3. The zero-order valence-corrected chi connectivity index (χ0v) is 9.48. The molecule has 1 aliphatic heterocycles. The molecule has 0 unspecified atom stereocenters. The van der Waals surface area contributed by atoms with Crippen molar-refractivity contribution in [1.29, 1.82) is 0 Å². The van der Waals surface area contributed by atoms with Crippen molar-refractivity contribution in [3.8, 4) is 0 Å². The molecule has 4 heteroatoms. The molecule has 0 aliphatic carbocycles. The van der Waals surface area contributed by atoms with Gasteiger partial charge in [0, 0.05) is 5.92 Å². The van der Waals surface area contributed by atoms with Crippen LogP contribution >= 0.6 is 0 Å². The van der Waals surface area contributed by atoms with Crippen LogP contribution in [0, 0.1) is 0 Å². The van der Waals surface area contributed by atoms with Crippen molar-refractivity contribution in [3.05, 3.63) is 23.7 Å². The van der Waals surface area contributed by atoms with Crippen LogP contribution in [0.1, 0.15) is 30.3 Å². The second-order valence-corrected chi connectivity index (χ2v) is 4.45. The molecule has 0 saturated carbocycles. The molecule has 0 bridgehead atoms. The number of carbonyl (C=O) groups is 1. The van der Waals surface area contributed by atoms with Gasteiger partial charge in [0.25, 0.3) is 0 Å². The monoisotopic (exact) mass is 223 g/mol. The summed E-state index contributed by atoms with van der Waals surface area (Å²) in [6, 6.07) is 3.70. The maximum Gasteiger partial charge on any atom is 0.311 e. The zero-order valence-electron chi connectivity index (χ0n) is 9.48. The Kier molecular flexibility index (Phi) is 3.29. The van der Waals surface area contributed by atoms with E-state index in [0.717, 1.165) is 31.7 Å². The van der Waals surface area contributed by atoms with E-state index in [-0.39, 0.29) is 6.42 Å². The predicted octanol–water partition coefficient (Wildman–Crippen LogP) is 1.72. The second kappa shape index (κ2) is 4.70. The molecule has 0 radical (unpaired) electrons. The highest BCUT2D eigenvalue weighted by Gasteiger charge is 2.21. The first-order valence-corrected chi connectivity index (χ1v) is 5.64. The highest BCUT2D eigenvalue weighted by Crippen LogP contribution is 2.28. The summed E-state index contributed by atoms with van der Waals surface area (Å²) in [5, 5.41) is 8.65. The minimum absolute atomic E-state index is 0.0212. The van der Waals surface area contributed by atoms with Crippen LogP contribution in [0.2, 0.25) is 0 Å². The lowest BCUT2D eigenvalue weighted by molar-refractivity contribution is -0.136. The van der Waals surface area contributed by atoms with Gasteiger partial charge in [-0.05, 0) is 45.1 Å². The lowest BCUT2D eigenvalue weighted by Crippen LogP contribution is -2.29. The second-order valence-electron chi connectivity index (χ2n) is 4.45. The van der Waals surface area contributed by atoms with E-state index < -0.39 is 5.97 Å². The van der Waals surface area contributed by atoms with E-state index in [4.69, 9.17) is 9.52 Å². The van der Waals surface area contributed by atoms with E-state index >= 15 is 0 Å². The smallest absolute Gasteiger partial charge is 0.311 e. The van der Waals surface area contributed by atoms with Gasteiger partial charge in [-0.3, -0.25) is 4.79 Å². The van der Waals surface area contributed by atoms with Crippen LogP contribution < -0.4 is 0 Å². The highest BCUT2D eigenvalue weighted by molar-refractivity contribution is 5.69. The van der Waals surface area contributed by atoms with Crippen LogP contribution in [0.15, 0.2) is 16.5 Å². The van der Waals surface area contributed by atoms with Crippen molar-refractivity contribution >= 4 is 5.97 Å². The SMILES string of the molecule is CN1CCC(c2ccc(CC(=O)O)o2)CC1. The summed E-state index contributed by atoms with van der Waals surface area (Å²) in [6.45, 7) is 2.17. The van der Waals surface area contributed by atoms with E-state index in [1.807, 2.05) is 6.07 Å². The zero-order chi connectivity index (χ0) is 11.5. The van der Waals surface area contributed by atoms with Gasteiger partial charge in [-0.1, -0.05) is 0 Å². The molecule has 1 aromatic heterocycles. The van der Waals surface area contributed by atoms with Gasteiger partial charge in [0.2, 0.25) is 0 Å². The van der Waals surface area contributed by atoms with Crippen molar-refractivity contribution in [3.63, 3.8) is 0 Å². The number of carboxylic acids is 1. The molecule has 0 amide bonds. The van der Waals surface area contributed by atoms with Gasteiger partial charge in [-0.15, -0.1) is 0 Å². The van der Waals surface area contributed by atoms with Crippen molar-refractivity contribution < 1.29 is 14.3 Å². The number of furan rings is 1. The topological polar surface area (TPSA) is 53.7 Å². The Labute approximate surface area is 94.9 Å². The van der Waals surface area contributed by atoms with Gasteiger partial charge >= 0.3 is 5.97 Å². The van der Waals surface area contributed by atoms with Gasteiger partial charge in [0.05, 0.1) is 0 Å². The van der Waals surface area contributed by atoms with Crippen molar-refractivity contribution in [2.45, 2.75) is 25.2 Å². The van der Waals surface area contributed by atoms with Crippen LogP contribution in [0.3, 0.4) is 0 Å². The number of hydrogen-bond donors (Lipinski definition) is 1. The Morgan fingerprint density at radius 2 is 2.19 bits per heavy atom. The van der Waals surface area contributed by atoms with Crippen molar-refractivity contribution in [2.24, 2.45) is 0 Å². The van der Waals surface area contributed by atoms with Gasteiger partial charge in [-0.2, -0.15) is 0 Å². The van der Waals surface area contributed by atoms with Crippen molar-refractivity contribution in [1.82, 2.24) is 4.90 Å². The summed E-state index contributed by atoms with van der Waals surface area (Å²) in [7, 11) is 2.12. The predicted molar refractivity (Wildman–Crippen MR) is 59.5 cm³/mol.